The summed E-state index contributed by atoms with van der Waals surface area (Å²) in [6.45, 7) is 3.89. The Morgan fingerprint density at radius 2 is 1.81 bits per heavy atom. The number of nitrogens with one attached hydrogen (secondary N) is 1. The Balaban J connectivity index is 1.41. The Kier molecular flexibility index (Phi) is 8.58. The largest absolute Gasteiger partial charge is 0.489 e. The first-order valence-electron chi connectivity index (χ1n) is 11.6. The molecule has 7 nitrogen and oxygen atoms in total. The second kappa shape index (κ2) is 12.0. The molecule has 1 heterocycles. The summed E-state index contributed by atoms with van der Waals surface area (Å²) in [6.07, 6.45) is 1.23. The van der Waals surface area contributed by atoms with Crippen molar-refractivity contribution in [3.63, 3.8) is 0 Å². The summed E-state index contributed by atoms with van der Waals surface area (Å²) < 4.78 is 23.0. The van der Waals surface area contributed by atoms with Gasteiger partial charge in [0, 0.05) is 6.92 Å². The van der Waals surface area contributed by atoms with Gasteiger partial charge in [0.05, 0.1) is 16.7 Å². The number of halogens is 2. The third kappa shape index (κ3) is 6.96. The number of hydrogen-bond acceptors (Lipinski definition) is 6. The molecule has 1 aliphatic heterocycles. The van der Waals surface area contributed by atoms with Crippen LogP contribution in [-0.4, -0.2) is 25.1 Å². The molecular formula is C28H25Cl2NO6. The van der Waals surface area contributed by atoms with Crippen molar-refractivity contribution >= 4 is 41.2 Å². The summed E-state index contributed by atoms with van der Waals surface area (Å²) in [7, 11) is 0. The van der Waals surface area contributed by atoms with Crippen molar-refractivity contribution in [1.29, 1.82) is 0 Å². The van der Waals surface area contributed by atoms with Crippen molar-refractivity contribution in [2.24, 2.45) is 0 Å². The fourth-order valence-corrected chi connectivity index (χ4v) is 3.95. The van der Waals surface area contributed by atoms with E-state index in [9.17, 15) is 9.59 Å². The van der Waals surface area contributed by atoms with E-state index in [1.54, 1.807) is 37.3 Å². The van der Waals surface area contributed by atoms with Crippen molar-refractivity contribution in [3.05, 3.63) is 93.1 Å². The van der Waals surface area contributed by atoms with Gasteiger partial charge in [0.25, 0.3) is 0 Å². The molecule has 1 atom stereocenters. The fraction of sp³-hybridized carbons (Fsp3) is 0.214. The SMILES string of the molecule is CCOC(=O)C(=Cc1ccc2c(c1)OC[C@H](c1ccc(OCc3ccc(Cl)c(Cl)c3)cc1)O2)NC(C)=O. The van der Waals surface area contributed by atoms with E-state index in [4.69, 9.17) is 42.1 Å². The van der Waals surface area contributed by atoms with E-state index in [2.05, 4.69) is 5.32 Å². The van der Waals surface area contributed by atoms with Crippen molar-refractivity contribution in [1.82, 2.24) is 5.32 Å². The third-order valence-corrected chi connectivity index (χ3v) is 6.12. The van der Waals surface area contributed by atoms with Crippen molar-refractivity contribution in [2.45, 2.75) is 26.6 Å². The van der Waals surface area contributed by atoms with Gasteiger partial charge in [0.1, 0.15) is 24.7 Å². The van der Waals surface area contributed by atoms with Gasteiger partial charge in [-0.3, -0.25) is 4.79 Å². The summed E-state index contributed by atoms with van der Waals surface area (Å²) in [5.74, 6) is 0.839. The number of amides is 1. The van der Waals surface area contributed by atoms with Crippen LogP contribution in [0.1, 0.15) is 36.6 Å². The Bertz CT molecular complexity index is 1320. The topological polar surface area (TPSA) is 83.1 Å². The molecular weight excluding hydrogens is 517 g/mol. The van der Waals surface area contributed by atoms with Gasteiger partial charge in [-0.15, -0.1) is 0 Å². The van der Waals surface area contributed by atoms with E-state index >= 15 is 0 Å². The molecule has 4 rings (SSSR count). The van der Waals surface area contributed by atoms with E-state index in [-0.39, 0.29) is 24.3 Å². The highest BCUT2D eigenvalue weighted by Crippen LogP contribution is 2.37. The van der Waals surface area contributed by atoms with E-state index in [0.29, 0.717) is 46.1 Å². The molecule has 0 saturated heterocycles. The molecule has 3 aromatic carbocycles. The lowest BCUT2D eigenvalue weighted by Gasteiger charge is -2.27. The second-order valence-electron chi connectivity index (χ2n) is 8.19. The lowest BCUT2D eigenvalue weighted by Crippen LogP contribution is -2.26. The minimum Gasteiger partial charge on any atom is -0.489 e. The fourth-order valence-electron chi connectivity index (χ4n) is 3.63. The summed E-state index contributed by atoms with van der Waals surface area (Å²) in [4.78, 5) is 23.6. The van der Waals surface area contributed by atoms with Gasteiger partial charge in [0.2, 0.25) is 5.91 Å². The lowest BCUT2D eigenvalue weighted by molar-refractivity contribution is -0.139. The molecule has 1 N–H and O–H groups in total. The van der Waals surface area contributed by atoms with Crippen molar-refractivity contribution < 1.29 is 28.5 Å². The standard InChI is InChI=1S/C28H25Cl2NO6/c1-3-34-28(33)24(31-17(2)32)13-18-5-11-25-26(14-18)36-16-27(37-25)20-6-8-21(9-7-20)35-15-19-4-10-22(29)23(30)12-19/h4-14,27H,3,15-16H2,1-2H3,(H,31,32)/t27-/m1/s1. The molecule has 0 fully saturated rings. The average molecular weight is 542 g/mol. The quantitative estimate of drug-likeness (QED) is 0.273. The number of ether oxygens (including phenoxy) is 4. The first kappa shape index (κ1) is 26.4. The highest BCUT2D eigenvalue weighted by atomic mass is 35.5. The molecule has 9 heteroatoms. The molecule has 1 amide bonds. The van der Waals surface area contributed by atoms with Crippen LogP contribution in [0, 0.1) is 0 Å². The van der Waals surface area contributed by atoms with Gasteiger partial charge in [-0.1, -0.05) is 47.5 Å². The molecule has 0 saturated carbocycles. The van der Waals surface area contributed by atoms with E-state index in [1.807, 2.05) is 30.3 Å². The van der Waals surface area contributed by atoms with Crippen LogP contribution in [0.15, 0.2) is 66.4 Å². The number of hydrogen-bond donors (Lipinski definition) is 1. The van der Waals surface area contributed by atoms with Gasteiger partial charge in [-0.05, 0) is 66.1 Å². The van der Waals surface area contributed by atoms with Gasteiger partial charge < -0.3 is 24.3 Å². The first-order chi connectivity index (χ1) is 17.8. The zero-order chi connectivity index (χ0) is 26.4. The van der Waals surface area contributed by atoms with Crippen LogP contribution in [0.3, 0.4) is 0 Å². The Labute approximate surface area is 224 Å². The number of benzene rings is 3. The van der Waals surface area contributed by atoms with Crippen LogP contribution in [0.5, 0.6) is 17.2 Å². The third-order valence-electron chi connectivity index (χ3n) is 5.39. The minimum atomic E-state index is -0.614. The molecule has 0 radical (unpaired) electrons. The number of fused-ring (bicyclic) bond motifs is 1. The first-order valence-corrected chi connectivity index (χ1v) is 12.3. The minimum absolute atomic E-state index is 0.0466. The monoisotopic (exact) mass is 541 g/mol. The molecule has 3 aromatic rings. The smallest absolute Gasteiger partial charge is 0.354 e. The Morgan fingerprint density at radius 1 is 1.03 bits per heavy atom. The molecule has 192 valence electrons. The highest BCUT2D eigenvalue weighted by Gasteiger charge is 2.23. The molecule has 0 spiro atoms. The predicted molar refractivity (Wildman–Crippen MR) is 141 cm³/mol. The molecule has 1 aliphatic rings. The van der Waals surface area contributed by atoms with Gasteiger partial charge in [-0.25, -0.2) is 4.79 Å². The van der Waals surface area contributed by atoms with Crippen LogP contribution >= 0.6 is 23.2 Å². The number of carbonyl (C=O) groups is 2. The summed E-state index contributed by atoms with van der Waals surface area (Å²) in [6, 6.07) is 18.3. The van der Waals surface area contributed by atoms with E-state index in [1.165, 1.54) is 13.0 Å². The zero-order valence-electron chi connectivity index (χ0n) is 20.3. The normalized spacial score (nSPS) is 14.6. The van der Waals surface area contributed by atoms with Gasteiger partial charge in [0.15, 0.2) is 17.6 Å². The van der Waals surface area contributed by atoms with E-state index in [0.717, 1.165) is 11.1 Å². The zero-order valence-corrected chi connectivity index (χ0v) is 21.8. The maximum Gasteiger partial charge on any atom is 0.354 e. The highest BCUT2D eigenvalue weighted by molar-refractivity contribution is 6.42. The van der Waals surface area contributed by atoms with Crippen LogP contribution in [-0.2, 0) is 20.9 Å². The molecule has 0 bridgehead atoms. The van der Waals surface area contributed by atoms with Gasteiger partial charge in [-0.2, -0.15) is 0 Å². The van der Waals surface area contributed by atoms with E-state index < -0.39 is 5.97 Å². The Hall–Kier alpha value is -3.68. The van der Waals surface area contributed by atoms with Crippen LogP contribution in [0.4, 0.5) is 0 Å². The van der Waals surface area contributed by atoms with Crippen LogP contribution in [0.25, 0.3) is 6.08 Å². The summed E-state index contributed by atoms with van der Waals surface area (Å²) in [5.41, 5.74) is 2.55. The maximum absolute atomic E-state index is 12.2. The molecule has 37 heavy (non-hydrogen) atoms. The second-order valence-corrected chi connectivity index (χ2v) is 9.00. The number of esters is 1. The van der Waals surface area contributed by atoms with Crippen LogP contribution < -0.4 is 19.5 Å². The summed E-state index contributed by atoms with van der Waals surface area (Å²) in [5, 5.41) is 3.50. The molecule has 0 aliphatic carbocycles. The number of carbonyl (C=O) groups excluding carboxylic acids is 2. The van der Waals surface area contributed by atoms with Crippen LogP contribution in [0.2, 0.25) is 10.0 Å². The maximum atomic E-state index is 12.2. The molecule has 0 aromatic heterocycles. The molecule has 0 unspecified atom stereocenters. The predicted octanol–water partition coefficient (Wildman–Crippen LogP) is 6.13. The average Bonchev–Trinajstić information content (AvgIpc) is 2.89. The van der Waals surface area contributed by atoms with Crippen molar-refractivity contribution in [2.75, 3.05) is 13.2 Å². The lowest BCUT2D eigenvalue weighted by atomic mass is 10.1. The number of rotatable bonds is 8. The Morgan fingerprint density at radius 3 is 2.51 bits per heavy atom. The van der Waals surface area contributed by atoms with Gasteiger partial charge >= 0.3 is 5.97 Å². The summed E-state index contributed by atoms with van der Waals surface area (Å²) >= 11 is 12.0. The van der Waals surface area contributed by atoms with Crippen molar-refractivity contribution in [3.8, 4) is 17.2 Å².